The quantitative estimate of drug-likeness (QED) is 0.668. The SMILES string of the molecule is C#CC1(O)CCC(C)CC1.C#CC1CCC(C)CC1O. The van der Waals surface area contributed by atoms with Crippen molar-refractivity contribution in [3.63, 3.8) is 0 Å². The second kappa shape index (κ2) is 7.72. The van der Waals surface area contributed by atoms with Gasteiger partial charge in [-0.05, 0) is 56.8 Å². The second-order valence-electron chi connectivity index (χ2n) is 6.62. The summed E-state index contributed by atoms with van der Waals surface area (Å²) in [6.45, 7) is 4.37. The highest BCUT2D eigenvalue weighted by atomic mass is 16.3. The van der Waals surface area contributed by atoms with Crippen LogP contribution in [0.4, 0.5) is 0 Å². The third kappa shape index (κ3) is 5.20. The molecule has 2 N–H and O–H groups in total. The molecule has 0 bridgehead atoms. The van der Waals surface area contributed by atoms with Crippen LogP contribution in [0.1, 0.15) is 58.8 Å². The Bertz CT molecular complexity index is 366. The minimum Gasteiger partial charge on any atom is -0.392 e. The molecule has 2 nitrogen and oxygen atoms in total. The van der Waals surface area contributed by atoms with Crippen molar-refractivity contribution in [1.82, 2.24) is 0 Å². The maximum absolute atomic E-state index is 9.56. The molecule has 0 aliphatic heterocycles. The summed E-state index contributed by atoms with van der Waals surface area (Å²) < 4.78 is 0. The fourth-order valence-electron chi connectivity index (χ4n) is 2.93. The lowest BCUT2D eigenvalue weighted by molar-refractivity contribution is 0.0472. The van der Waals surface area contributed by atoms with Crippen molar-refractivity contribution >= 4 is 0 Å². The molecule has 0 spiro atoms. The fourth-order valence-corrected chi connectivity index (χ4v) is 2.93. The molecule has 0 radical (unpaired) electrons. The van der Waals surface area contributed by atoms with Crippen LogP contribution in [0.5, 0.6) is 0 Å². The average Bonchev–Trinajstić information content (AvgIpc) is 2.43. The van der Waals surface area contributed by atoms with Gasteiger partial charge in [0, 0.05) is 5.92 Å². The van der Waals surface area contributed by atoms with E-state index in [0.717, 1.165) is 44.4 Å². The molecule has 0 aromatic rings. The number of aliphatic hydroxyl groups excluding tert-OH is 1. The number of rotatable bonds is 0. The van der Waals surface area contributed by atoms with E-state index in [9.17, 15) is 10.2 Å². The van der Waals surface area contributed by atoms with Gasteiger partial charge in [0.15, 0.2) is 0 Å². The average molecular weight is 276 g/mol. The van der Waals surface area contributed by atoms with Gasteiger partial charge in [0.05, 0.1) is 6.10 Å². The maximum atomic E-state index is 9.56. The molecule has 3 unspecified atom stereocenters. The minimum absolute atomic E-state index is 0.121. The zero-order chi connectivity index (χ0) is 15.2. The number of hydrogen-bond acceptors (Lipinski definition) is 2. The van der Waals surface area contributed by atoms with E-state index < -0.39 is 5.60 Å². The molecule has 20 heavy (non-hydrogen) atoms. The summed E-state index contributed by atoms with van der Waals surface area (Å²) >= 11 is 0. The van der Waals surface area contributed by atoms with Gasteiger partial charge >= 0.3 is 0 Å². The van der Waals surface area contributed by atoms with Crippen molar-refractivity contribution in [2.75, 3.05) is 0 Å². The van der Waals surface area contributed by atoms with E-state index >= 15 is 0 Å². The lowest BCUT2D eigenvalue weighted by atomic mass is 9.80. The molecular weight excluding hydrogens is 248 g/mol. The van der Waals surface area contributed by atoms with Crippen molar-refractivity contribution in [2.45, 2.75) is 70.5 Å². The topological polar surface area (TPSA) is 40.5 Å². The molecule has 3 atom stereocenters. The van der Waals surface area contributed by atoms with E-state index in [1.54, 1.807) is 0 Å². The highest BCUT2D eigenvalue weighted by molar-refractivity contribution is 5.08. The Morgan fingerprint density at radius 2 is 1.60 bits per heavy atom. The normalized spacial score (nSPS) is 40.7. The summed E-state index contributed by atoms with van der Waals surface area (Å²) in [7, 11) is 0. The van der Waals surface area contributed by atoms with E-state index in [1.807, 2.05) is 0 Å². The predicted molar refractivity (Wildman–Crippen MR) is 82.8 cm³/mol. The molecular formula is C18H28O2. The Hall–Kier alpha value is -0.960. The number of aliphatic hydroxyl groups is 2. The van der Waals surface area contributed by atoms with Crippen molar-refractivity contribution in [2.24, 2.45) is 17.8 Å². The Morgan fingerprint density at radius 3 is 2.05 bits per heavy atom. The summed E-state index contributed by atoms with van der Waals surface area (Å²) in [5, 5.41) is 19.0. The van der Waals surface area contributed by atoms with Gasteiger partial charge in [0.25, 0.3) is 0 Å². The van der Waals surface area contributed by atoms with Gasteiger partial charge in [-0.25, -0.2) is 0 Å². The van der Waals surface area contributed by atoms with E-state index in [0.29, 0.717) is 5.92 Å². The standard InChI is InChI=1S/2C9H14O/c1-3-9(10)6-4-8(2)5-7-9;1-3-8-5-4-7(2)6-9(8)10/h1,8,10H,4-7H2,2H3;1,7-10H,4-6H2,2H3. The first kappa shape index (κ1) is 17.1. The van der Waals surface area contributed by atoms with Gasteiger partial charge in [0.2, 0.25) is 0 Å². The molecule has 0 saturated heterocycles. The van der Waals surface area contributed by atoms with Gasteiger partial charge < -0.3 is 10.2 Å². The highest BCUT2D eigenvalue weighted by Gasteiger charge is 2.29. The summed E-state index contributed by atoms with van der Waals surface area (Å²) in [5.41, 5.74) is -0.771. The largest absolute Gasteiger partial charge is 0.392 e. The lowest BCUT2D eigenvalue weighted by Crippen LogP contribution is -2.31. The van der Waals surface area contributed by atoms with Gasteiger partial charge in [-0.15, -0.1) is 18.8 Å². The van der Waals surface area contributed by atoms with Crippen LogP contribution in [0.25, 0.3) is 0 Å². The fraction of sp³-hybridized carbons (Fsp3) is 0.778. The first-order valence-corrected chi connectivity index (χ1v) is 7.74. The molecule has 0 aromatic carbocycles. The summed E-state index contributed by atoms with van der Waals surface area (Å²) in [4.78, 5) is 0. The van der Waals surface area contributed by atoms with Crippen molar-refractivity contribution in [3.8, 4) is 24.7 Å². The molecule has 112 valence electrons. The molecule has 2 heteroatoms. The molecule has 0 amide bonds. The monoisotopic (exact) mass is 276 g/mol. The lowest BCUT2D eigenvalue weighted by Gasteiger charge is -2.30. The van der Waals surface area contributed by atoms with Crippen molar-refractivity contribution < 1.29 is 10.2 Å². The molecule has 2 aliphatic carbocycles. The summed E-state index contributed by atoms with van der Waals surface area (Å²) in [6, 6.07) is 0. The van der Waals surface area contributed by atoms with Gasteiger partial charge in [0.1, 0.15) is 5.60 Å². The molecule has 2 rings (SSSR count). The van der Waals surface area contributed by atoms with E-state index in [-0.39, 0.29) is 12.0 Å². The van der Waals surface area contributed by atoms with Crippen LogP contribution in [0.15, 0.2) is 0 Å². The van der Waals surface area contributed by atoms with Crippen LogP contribution in [0.3, 0.4) is 0 Å². The Labute approximate surface area is 124 Å². The molecule has 2 fully saturated rings. The van der Waals surface area contributed by atoms with E-state index in [4.69, 9.17) is 12.8 Å². The molecule has 2 saturated carbocycles. The second-order valence-corrected chi connectivity index (χ2v) is 6.62. The minimum atomic E-state index is -0.771. The maximum Gasteiger partial charge on any atom is 0.125 e. The van der Waals surface area contributed by atoms with Crippen molar-refractivity contribution in [1.29, 1.82) is 0 Å². The molecule has 0 aromatic heterocycles. The number of terminal acetylenes is 2. The summed E-state index contributed by atoms with van der Waals surface area (Å²) in [5.74, 6) is 6.60. The van der Waals surface area contributed by atoms with E-state index in [1.165, 1.54) is 6.42 Å². The third-order valence-electron chi connectivity index (χ3n) is 4.66. The predicted octanol–water partition coefficient (Wildman–Crippen LogP) is 2.98. The van der Waals surface area contributed by atoms with Crippen LogP contribution in [0.2, 0.25) is 0 Å². The zero-order valence-electron chi connectivity index (χ0n) is 12.8. The third-order valence-corrected chi connectivity index (χ3v) is 4.66. The van der Waals surface area contributed by atoms with Crippen LogP contribution in [-0.2, 0) is 0 Å². The molecule has 2 aliphatic rings. The summed E-state index contributed by atoms with van der Waals surface area (Å²) in [6.07, 6.45) is 16.9. The van der Waals surface area contributed by atoms with Crippen LogP contribution >= 0.6 is 0 Å². The highest BCUT2D eigenvalue weighted by Crippen LogP contribution is 2.30. The Morgan fingerprint density at radius 1 is 1.00 bits per heavy atom. The van der Waals surface area contributed by atoms with Crippen LogP contribution in [-0.4, -0.2) is 21.9 Å². The van der Waals surface area contributed by atoms with Crippen molar-refractivity contribution in [3.05, 3.63) is 0 Å². The van der Waals surface area contributed by atoms with Crippen LogP contribution < -0.4 is 0 Å². The van der Waals surface area contributed by atoms with E-state index in [2.05, 4.69) is 25.7 Å². The smallest absolute Gasteiger partial charge is 0.125 e. The van der Waals surface area contributed by atoms with Gasteiger partial charge in [-0.1, -0.05) is 19.8 Å². The molecule has 0 heterocycles. The first-order chi connectivity index (χ1) is 9.40. The Balaban J connectivity index is 0.000000200. The van der Waals surface area contributed by atoms with Crippen LogP contribution in [0, 0.1) is 42.4 Å². The Kier molecular flexibility index (Phi) is 6.60. The zero-order valence-corrected chi connectivity index (χ0v) is 12.8. The number of hydrogen-bond donors (Lipinski definition) is 2. The first-order valence-electron chi connectivity index (χ1n) is 7.74. The van der Waals surface area contributed by atoms with Gasteiger partial charge in [-0.3, -0.25) is 0 Å². The van der Waals surface area contributed by atoms with Gasteiger partial charge in [-0.2, -0.15) is 0 Å².